The van der Waals surface area contributed by atoms with E-state index in [-0.39, 0.29) is 0 Å². The molecule has 1 heterocycles. The van der Waals surface area contributed by atoms with Crippen LogP contribution in [0.2, 0.25) is 0 Å². The topological polar surface area (TPSA) is 40.5 Å². The molecule has 1 aliphatic heterocycles. The highest BCUT2D eigenvalue weighted by molar-refractivity contribution is 5.88. The molecule has 3 nitrogen and oxygen atoms in total. The van der Waals surface area contributed by atoms with Gasteiger partial charge < -0.3 is 5.11 Å². The molecule has 1 N–H and O–H groups in total. The predicted molar refractivity (Wildman–Crippen MR) is 80.4 cm³/mol. The number of benzene rings is 2. The fourth-order valence-corrected chi connectivity index (χ4v) is 2.71. The van der Waals surface area contributed by atoms with E-state index < -0.39 is 6.09 Å². The highest BCUT2D eigenvalue weighted by atomic mass is 16.4. The van der Waals surface area contributed by atoms with E-state index in [1.807, 2.05) is 30.3 Å². The zero-order valence-electron chi connectivity index (χ0n) is 11.4. The zero-order chi connectivity index (χ0) is 14.1. The first-order valence-corrected chi connectivity index (χ1v) is 6.85. The molecule has 20 heavy (non-hydrogen) atoms. The Morgan fingerprint density at radius 3 is 2.70 bits per heavy atom. The van der Waals surface area contributed by atoms with Crippen LogP contribution in [-0.4, -0.2) is 22.6 Å². The van der Waals surface area contributed by atoms with E-state index in [1.54, 1.807) is 0 Å². The van der Waals surface area contributed by atoms with Crippen molar-refractivity contribution in [2.75, 3.05) is 6.54 Å². The summed E-state index contributed by atoms with van der Waals surface area (Å²) in [4.78, 5) is 12.9. The van der Waals surface area contributed by atoms with E-state index in [0.717, 1.165) is 23.1 Å². The number of nitrogens with zero attached hydrogens (tertiary/aromatic N) is 1. The van der Waals surface area contributed by atoms with Crippen LogP contribution in [0.25, 0.3) is 16.5 Å². The average molecular weight is 267 g/mol. The van der Waals surface area contributed by atoms with Crippen LogP contribution in [-0.2, 0) is 0 Å². The Bertz CT molecular complexity index is 690. The highest BCUT2D eigenvalue weighted by Gasteiger charge is 2.24. The smallest absolute Gasteiger partial charge is 0.411 e. The summed E-state index contributed by atoms with van der Waals surface area (Å²) < 4.78 is 0. The number of carbonyl (C=O) groups is 1. The maximum Gasteiger partial charge on any atom is 0.411 e. The van der Waals surface area contributed by atoms with Gasteiger partial charge in [0.05, 0.1) is 5.70 Å². The van der Waals surface area contributed by atoms with Gasteiger partial charge in [-0.05, 0) is 34.7 Å². The lowest BCUT2D eigenvalue weighted by Gasteiger charge is -2.30. The van der Waals surface area contributed by atoms with Crippen LogP contribution < -0.4 is 0 Å². The van der Waals surface area contributed by atoms with Crippen LogP contribution in [0.4, 0.5) is 4.79 Å². The number of rotatable bonds is 1. The molecule has 2 aromatic rings. The molecule has 0 spiro atoms. The lowest BCUT2D eigenvalue weighted by molar-refractivity contribution is 0.159. The summed E-state index contributed by atoms with van der Waals surface area (Å²) in [6, 6.07) is 14.2. The van der Waals surface area contributed by atoms with Crippen molar-refractivity contribution in [2.45, 2.75) is 13.3 Å². The third-order valence-electron chi connectivity index (χ3n) is 3.77. The minimum atomic E-state index is -0.879. The molecule has 0 bridgehead atoms. The van der Waals surface area contributed by atoms with E-state index in [2.05, 4.69) is 25.1 Å². The van der Waals surface area contributed by atoms with E-state index in [1.165, 1.54) is 10.3 Å². The van der Waals surface area contributed by atoms with Gasteiger partial charge in [0, 0.05) is 6.54 Å². The lowest BCUT2D eigenvalue weighted by atomic mass is 9.97. The van der Waals surface area contributed by atoms with Crippen LogP contribution >= 0.6 is 0 Å². The number of hydrogen-bond acceptors (Lipinski definition) is 1. The Hall–Kier alpha value is -2.29. The summed E-state index contributed by atoms with van der Waals surface area (Å²) in [6.45, 7) is 2.64. The number of hydrogen-bond donors (Lipinski definition) is 1. The van der Waals surface area contributed by atoms with Crippen molar-refractivity contribution in [3.63, 3.8) is 0 Å². The first-order valence-electron chi connectivity index (χ1n) is 6.85. The summed E-state index contributed by atoms with van der Waals surface area (Å²) in [5.74, 6) is 0.371. The molecule has 0 fully saturated rings. The van der Waals surface area contributed by atoms with Crippen LogP contribution in [0.5, 0.6) is 0 Å². The fourth-order valence-electron chi connectivity index (χ4n) is 2.71. The molecule has 3 rings (SSSR count). The second kappa shape index (κ2) is 5.00. The third-order valence-corrected chi connectivity index (χ3v) is 3.77. The molecule has 1 atom stereocenters. The van der Waals surface area contributed by atoms with Gasteiger partial charge in [-0.15, -0.1) is 0 Å². The van der Waals surface area contributed by atoms with Crippen molar-refractivity contribution < 1.29 is 9.90 Å². The second-order valence-corrected chi connectivity index (χ2v) is 5.39. The summed E-state index contributed by atoms with van der Waals surface area (Å²) >= 11 is 0. The largest absolute Gasteiger partial charge is 0.465 e. The average Bonchev–Trinajstić information content (AvgIpc) is 2.46. The molecule has 3 heteroatoms. The molecule has 0 unspecified atom stereocenters. The maximum atomic E-state index is 11.4. The van der Waals surface area contributed by atoms with Gasteiger partial charge >= 0.3 is 6.09 Å². The SMILES string of the molecule is C[C@H]1CC=C(c2ccc3ccccc3c2)N(C(=O)O)C1. The zero-order valence-corrected chi connectivity index (χ0v) is 11.4. The van der Waals surface area contributed by atoms with Crippen LogP contribution in [0.1, 0.15) is 18.9 Å². The van der Waals surface area contributed by atoms with Crippen molar-refractivity contribution in [3.05, 3.63) is 54.1 Å². The van der Waals surface area contributed by atoms with Gasteiger partial charge in [-0.1, -0.05) is 49.4 Å². The van der Waals surface area contributed by atoms with E-state index in [0.29, 0.717) is 12.5 Å². The normalized spacial score (nSPS) is 18.9. The Morgan fingerprint density at radius 1 is 1.20 bits per heavy atom. The van der Waals surface area contributed by atoms with Gasteiger partial charge in [0.15, 0.2) is 0 Å². The first-order chi connectivity index (χ1) is 9.65. The van der Waals surface area contributed by atoms with Gasteiger partial charge in [0.25, 0.3) is 0 Å². The van der Waals surface area contributed by atoms with Crippen LogP contribution in [0, 0.1) is 5.92 Å². The molecule has 1 aliphatic rings. The second-order valence-electron chi connectivity index (χ2n) is 5.39. The standard InChI is InChI=1S/C17H17NO2/c1-12-6-9-16(18(11-12)17(19)20)15-8-7-13-4-2-3-5-14(13)10-15/h2-5,7-10,12H,6,11H2,1H3,(H,19,20)/t12-/m0/s1. The van der Waals surface area contributed by atoms with Crippen molar-refractivity contribution in [1.29, 1.82) is 0 Å². The van der Waals surface area contributed by atoms with E-state index in [4.69, 9.17) is 0 Å². The van der Waals surface area contributed by atoms with Gasteiger partial charge in [0.2, 0.25) is 0 Å². The molecule has 0 saturated carbocycles. The summed E-state index contributed by atoms with van der Waals surface area (Å²) in [5.41, 5.74) is 1.78. The molecule has 2 aromatic carbocycles. The lowest BCUT2D eigenvalue weighted by Crippen LogP contribution is -2.34. The predicted octanol–water partition coefficient (Wildman–Crippen LogP) is 4.20. The van der Waals surface area contributed by atoms with E-state index in [9.17, 15) is 9.90 Å². The van der Waals surface area contributed by atoms with Gasteiger partial charge in [-0.2, -0.15) is 0 Å². The summed E-state index contributed by atoms with van der Waals surface area (Å²) in [7, 11) is 0. The molecular weight excluding hydrogens is 250 g/mol. The minimum absolute atomic E-state index is 0.371. The molecule has 0 radical (unpaired) electrons. The molecule has 102 valence electrons. The van der Waals surface area contributed by atoms with E-state index >= 15 is 0 Å². The van der Waals surface area contributed by atoms with Crippen molar-refractivity contribution in [1.82, 2.24) is 4.90 Å². The summed E-state index contributed by atoms with van der Waals surface area (Å²) in [6.07, 6.45) is 2.08. The van der Waals surface area contributed by atoms with Crippen molar-refractivity contribution in [3.8, 4) is 0 Å². The first kappa shape index (κ1) is 12.7. The van der Waals surface area contributed by atoms with Crippen molar-refractivity contribution >= 4 is 22.6 Å². The third kappa shape index (κ3) is 2.27. The maximum absolute atomic E-state index is 11.4. The Labute approximate surface area is 118 Å². The van der Waals surface area contributed by atoms with Gasteiger partial charge in [-0.3, -0.25) is 4.90 Å². The van der Waals surface area contributed by atoms with Crippen molar-refractivity contribution in [2.24, 2.45) is 5.92 Å². The highest BCUT2D eigenvalue weighted by Crippen LogP contribution is 2.29. The molecule has 0 saturated heterocycles. The van der Waals surface area contributed by atoms with Crippen LogP contribution in [0.3, 0.4) is 0 Å². The summed E-state index contributed by atoms with van der Waals surface area (Å²) in [5, 5.41) is 11.7. The number of amides is 1. The number of fused-ring (bicyclic) bond motifs is 1. The van der Waals surface area contributed by atoms with Gasteiger partial charge in [0.1, 0.15) is 0 Å². The molecule has 0 aliphatic carbocycles. The number of allylic oxidation sites excluding steroid dienone is 1. The van der Waals surface area contributed by atoms with Crippen LogP contribution in [0.15, 0.2) is 48.5 Å². The minimum Gasteiger partial charge on any atom is -0.465 e. The fraction of sp³-hybridized carbons (Fsp3) is 0.235. The monoisotopic (exact) mass is 267 g/mol. The Kier molecular flexibility index (Phi) is 3.18. The Morgan fingerprint density at radius 2 is 1.95 bits per heavy atom. The molecular formula is C17H17NO2. The molecule has 1 amide bonds. The van der Waals surface area contributed by atoms with Gasteiger partial charge in [-0.25, -0.2) is 4.79 Å². The Balaban J connectivity index is 2.06. The molecule has 0 aromatic heterocycles. The quantitative estimate of drug-likeness (QED) is 0.841. The number of carboxylic acid groups (broad SMARTS) is 1.